The Balaban J connectivity index is 2.10. The third-order valence-electron chi connectivity index (χ3n) is 3.32. The molecule has 1 N–H and O–H groups in total. The Hall–Kier alpha value is -1.63. The van der Waals surface area contributed by atoms with Crippen molar-refractivity contribution in [3.8, 4) is 6.01 Å². The summed E-state index contributed by atoms with van der Waals surface area (Å²) in [7, 11) is 3.55. The molecule has 7 nitrogen and oxygen atoms in total. The number of piperidine rings is 1. The first-order chi connectivity index (χ1) is 9.76. The molecule has 1 aromatic heterocycles. The monoisotopic (exact) mass is 281 g/mol. The van der Waals surface area contributed by atoms with Crippen LogP contribution in [0.15, 0.2) is 0 Å². The summed E-state index contributed by atoms with van der Waals surface area (Å²) < 4.78 is 10.9. The lowest BCUT2D eigenvalue weighted by Crippen LogP contribution is -2.37. The Labute approximate surface area is 119 Å². The Morgan fingerprint density at radius 3 is 2.60 bits per heavy atom. The van der Waals surface area contributed by atoms with Gasteiger partial charge < -0.3 is 19.7 Å². The molecular weight excluding hydrogens is 258 g/mol. The molecule has 7 heteroatoms. The molecule has 112 valence electrons. The number of rotatable bonds is 6. The van der Waals surface area contributed by atoms with Crippen LogP contribution in [0.1, 0.15) is 26.2 Å². The summed E-state index contributed by atoms with van der Waals surface area (Å²) >= 11 is 0. The van der Waals surface area contributed by atoms with Gasteiger partial charge in [-0.3, -0.25) is 0 Å². The molecular formula is C13H23N5O2. The molecule has 1 aliphatic rings. The first-order valence-corrected chi connectivity index (χ1v) is 7.11. The van der Waals surface area contributed by atoms with Gasteiger partial charge in [-0.25, -0.2) is 0 Å². The number of nitrogens with zero attached hydrogens (tertiary/aromatic N) is 4. The third-order valence-corrected chi connectivity index (χ3v) is 3.32. The predicted octanol–water partition coefficient (Wildman–Crippen LogP) is 1.32. The molecule has 1 fully saturated rings. The van der Waals surface area contributed by atoms with Gasteiger partial charge in [0.25, 0.3) is 0 Å². The molecule has 1 aromatic rings. The van der Waals surface area contributed by atoms with Gasteiger partial charge in [-0.05, 0) is 19.3 Å². The minimum atomic E-state index is 0.340. The van der Waals surface area contributed by atoms with Gasteiger partial charge in [0.05, 0.1) is 12.7 Å². The van der Waals surface area contributed by atoms with Crippen LogP contribution < -0.4 is 15.0 Å². The van der Waals surface area contributed by atoms with Gasteiger partial charge >= 0.3 is 6.01 Å². The normalized spacial score (nSPS) is 16.2. The summed E-state index contributed by atoms with van der Waals surface area (Å²) in [5, 5.41) is 2.95. The number of anilines is 2. The second kappa shape index (κ2) is 7.23. The summed E-state index contributed by atoms with van der Waals surface area (Å²) in [6.07, 6.45) is 3.24. The van der Waals surface area contributed by atoms with Crippen LogP contribution in [0.5, 0.6) is 6.01 Å². The highest BCUT2D eigenvalue weighted by Gasteiger charge is 2.21. The first kappa shape index (κ1) is 14.8. The van der Waals surface area contributed by atoms with Crippen LogP contribution >= 0.6 is 0 Å². The fourth-order valence-electron chi connectivity index (χ4n) is 2.15. The van der Waals surface area contributed by atoms with Crippen molar-refractivity contribution in [1.29, 1.82) is 0 Å². The van der Waals surface area contributed by atoms with Gasteiger partial charge in [0.1, 0.15) is 0 Å². The van der Waals surface area contributed by atoms with Crippen LogP contribution in [0.25, 0.3) is 0 Å². The topological polar surface area (TPSA) is 72.4 Å². The zero-order chi connectivity index (χ0) is 14.4. The Morgan fingerprint density at radius 2 is 2.00 bits per heavy atom. The maximum absolute atomic E-state index is 5.52. The maximum Gasteiger partial charge on any atom is 0.323 e. The lowest BCUT2D eigenvalue weighted by atomic mass is 10.1. The van der Waals surface area contributed by atoms with E-state index in [0.717, 1.165) is 32.4 Å². The lowest BCUT2D eigenvalue weighted by molar-refractivity contribution is 0.0816. The molecule has 0 aromatic carbocycles. The van der Waals surface area contributed by atoms with Crippen LogP contribution in [0, 0.1) is 0 Å². The fourth-order valence-corrected chi connectivity index (χ4v) is 2.15. The molecule has 0 amide bonds. The van der Waals surface area contributed by atoms with Crippen molar-refractivity contribution >= 4 is 11.9 Å². The summed E-state index contributed by atoms with van der Waals surface area (Å²) in [6, 6.07) is 0.384. The van der Waals surface area contributed by atoms with E-state index in [-0.39, 0.29) is 0 Å². The standard InChI is InChI=1S/C13H23N5O2/c1-4-9-20-13-16-11(14-2)15-12(17-13)18-7-5-10(19-3)6-8-18/h10H,4-9H2,1-3H3,(H,14,15,16,17). The smallest absolute Gasteiger partial charge is 0.323 e. The highest BCUT2D eigenvalue weighted by atomic mass is 16.5. The third kappa shape index (κ3) is 3.69. The molecule has 0 saturated carbocycles. The van der Waals surface area contributed by atoms with Crippen molar-refractivity contribution in [2.75, 3.05) is 44.1 Å². The van der Waals surface area contributed by atoms with Crippen molar-refractivity contribution in [2.24, 2.45) is 0 Å². The Bertz CT molecular complexity index is 421. The molecule has 0 unspecified atom stereocenters. The molecule has 0 atom stereocenters. The summed E-state index contributed by atoms with van der Waals surface area (Å²) in [4.78, 5) is 15.2. The average Bonchev–Trinajstić information content (AvgIpc) is 2.52. The molecule has 1 saturated heterocycles. The van der Waals surface area contributed by atoms with Gasteiger partial charge in [0.2, 0.25) is 11.9 Å². The van der Waals surface area contributed by atoms with E-state index in [1.165, 1.54) is 0 Å². The summed E-state index contributed by atoms with van der Waals surface area (Å²) in [5.41, 5.74) is 0. The molecule has 0 bridgehead atoms. The van der Waals surface area contributed by atoms with Gasteiger partial charge in [0, 0.05) is 27.2 Å². The van der Waals surface area contributed by atoms with Crippen molar-refractivity contribution in [3.05, 3.63) is 0 Å². The van der Waals surface area contributed by atoms with Crippen LogP contribution in [-0.2, 0) is 4.74 Å². The summed E-state index contributed by atoms with van der Waals surface area (Å²) in [6.45, 7) is 4.44. The Kier molecular flexibility index (Phi) is 5.34. The van der Waals surface area contributed by atoms with E-state index in [1.54, 1.807) is 14.2 Å². The molecule has 0 radical (unpaired) electrons. The van der Waals surface area contributed by atoms with E-state index >= 15 is 0 Å². The minimum Gasteiger partial charge on any atom is -0.463 e. The van der Waals surface area contributed by atoms with Crippen molar-refractivity contribution in [1.82, 2.24) is 15.0 Å². The van der Waals surface area contributed by atoms with Gasteiger partial charge in [-0.15, -0.1) is 0 Å². The quantitative estimate of drug-likeness (QED) is 0.843. The Morgan fingerprint density at radius 1 is 1.25 bits per heavy atom. The molecule has 0 spiro atoms. The van der Waals surface area contributed by atoms with E-state index in [2.05, 4.69) is 32.1 Å². The minimum absolute atomic E-state index is 0.340. The second-order valence-corrected chi connectivity index (χ2v) is 4.76. The van der Waals surface area contributed by atoms with E-state index in [0.29, 0.717) is 30.6 Å². The number of methoxy groups -OCH3 is 1. The molecule has 2 heterocycles. The van der Waals surface area contributed by atoms with E-state index in [4.69, 9.17) is 9.47 Å². The van der Waals surface area contributed by atoms with Crippen LogP contribution in [0.3, 0.4) is 0 Å². The number of nitrogens with one attached hydrogen (secondary N) is 1. The number of hydrogen-bond acceptors (Lipinski definition) is 7. The number of aromatic nitrogens is 3. The van der Waals surface area contributed by atoms with E-state index in [9.17, 15) is 0 Å². The zero-order valence-electron chi connectivity index (χ0n) is 12.4. The molecule has 1 aliphatic heterocycles. The van der Waals surface area contributed by atoms with Crippen molar-refractivity contribution in [3.63, 3.8) is 0 Å². The van der Waals surface area contributed by atoms with Gasteiger partial charge in [0.15, 0.2) is 0 Å². The lowest BCUT2D eigenvalue weighted by Gasteiger charge is -2.31. The largest absolute Gasteiger partial charge is 0.463 e. The van der Waals surface area contributed by atoms with Crippen molar-refractivity contribution < 1.29 is 9.47 Å². The van der Waals surface area contributed by atoms with E-state index < -0.39 is 0 Å². The highest BCUT2D eigenvalue weighted by molar-refractivity contribution is 5.38. The number of ether oxygens (including phenoxy) is 2. The maximum atomic E-state index is 5.52. The van der Waals surface area contributed by atoms with Crippen molar-refractivity contribution in [2.45, 2.75) is 32.3 Å². The van der Waals surface area contributed by atoms with Crippen LogP contribution in [0.2, 0.25) is 0 Å². The van der Waals surface area contributed by atoms with Gasteiger partial charge in [-0.2, -0.15) is 15.0 Å². The second-order valence-electron chi connectivity index (χ2n) is 4.76. The SMILES string of the molecule is CCCOc1nc(NC)nc(N2CCC(OC)CC2)n1. The predicted molar refractivity (Wildman–Crippen MR) is 77.4 cm³/mol. The molecule has 2 rings (SSSR count). The van der Waals surface area contributed by atoms with Crippen LogP contribution in [-0.4, -0.2) is 54.9 Å². The fraction of sp³-hybridized carbons (Fsp3) is 0.769. The van der Waals surface area contributed by atoms with E-state index in [1.807, 2.05) is 0 Å². The average molecular weight is 281 g/mol. The highest BCUT2D eigenvalue weighted by Crippen LogP contribution is 2.20. The molecule has 0 aliphatic carbocycles. The number of hydrogen-bond donors (Lipinski definition) is 1. The molecule has 20 heavy (non-hydrogen) atoms. The van der Waals surface area contributed by atoms with Gasteiger partial charge in [-0.1, -0.05) is 6.92 Å². The zero-order valence-corrected chi connectivity index (χ0v) is 12.4. The first-order valence-electron chi connectivity index (χ1n) is 7.11. The van der Waals surface area contributed by atoms with Crippen LogP contribution in [0.4, 0.5) is 11.9 Å². The summed E-state index contributed by atoms with van der Waals surface area (Å²) in [5.74, 6) is 1.21.